The summed E-state index contributed by atoms with van der Waals surface area (Å²) < 4.78 is 40.9. The summed E-state index contributed by atoms with van der Waals surface area (Å²) in [5.41, 5.74) is 7.56. The first-order valence-electron chi connectivity index (χ1n) is 13.5. The van der Waals surface area contributed by atoms with E-state index in [4.69, 9.17) is 0 Å². The molecule has 1 amide bonds. The number of rotatable bonds is 7. The van der Waals surface area contributed by atoms with Crippen molar-refractivity contribution in [1.82, 2.24) is 29.5 Å². The molecule has 41 heavy (non-hydrogen) atoms. The van der Waals surface area contributed by atoms with Crippen molar-refractivity contribution in [2.45, 2.75) is 46.5 Å². The number of aromatic nitrogens is 3. The number of amides is 1. The van der Waals surface area contributed by atoms with E-state index in [2.05, 4.69) is 24.6 Å². The van der Waals surface area contributed by atoms with E-state index in [9.17, 15) is 22.8 Å². The van der Waals surface area contributed by atoms with E-state index in [1.54, 1.807) is 11.7 Å². The van der Waals surface area contributed by atoms with E-state index in [1.165, 1.54) is 16.2 Å². The molecule has 5 heterocycles. The van der Waals surface area contributed by atoms with Crippen LogP contribution in [0.1, 0.15) is 51.4 Å². The zero-order valence-corrected chi connectivity index (χ0v) is 24.2. The van der Waals surface area contributed by atoms with Gasteiger partial charge in [-0.05, 0) is 57.0 Å². The Kier molecular flexibility index (Phi) is 8.09. The van der Waals surface area contributed by atoms with Crippen molar-refractivity contribution in [2.75, 3.05) is 32.7 Å². The second kappa shape index (κ2) is 11.4. The number of fused-ring (bicyclic) bond motifs is 1. The molecular formula is C29H33F3N6O2S. The Bertz CT molecular complexity index is 1620. The highest BCUT2D eigenvalue weighted by Crippen LogP contribution is 2.33. The lowest BCUT2D eigenvalue weighted by atomic mass is 10.00. The molecule has 1 aliphatic rings. The molecule has 1 unspecified atom stereocenters. The average molecular weight is 587 g/mol. The fraction of sp³-hybridized carbons (Fsp3) is 0.414. The van der Waals surface area contributed by atoms with Crippen LogP contribution in [0.4, 0.5) is 13.2 Å². The minimum Gasteiger partial charge on any atom is -0.348 e. The topological polar surface area (TPSA) is 85.7 Å². The number of carbonyl (C=O) groups excluding carboxylic acids is 1. The summed E-state index contributed by atoms with van der Waals surface area (Å²) in [6.07, 6.45) is -0.402. The number of hydrogen-bond acceptors (Lipinski definition) is 6. The third-order valence-corrected chi connectivity index (χ3v) is 8.65. The lowest BCUT2D eigenvalue weighted by Crippen LogP contribution is -2.49. The molecular weight excluding hydrogens is 553 g/mol. The van der Waals surface area contributed by atoms with E-state index in [-0.39, 0.29) is 24.1 Å². The lowest BCUT2D eigenvalue weighted by molar-refractivity contribution is -0.149. The maximum Gasteiger partial charge on any atom is 0.401 e. The molecule has 1 atom stereocenters. The molecule has 8 nitrogen and oxygen atoms in total. The highest BCUT2D eigenvalue weighted by Gasteiger charge is 2.33. The van der Waals surface area contributed by atoms with Crippen LogP contribution in [-0.2, 0) is 6.54 Å². The molecule has 0 aromatic carbocycles. The van der Waals surface area contributed by atoms with Crippen molar-refractivity contribution >= 4 is 22.8 Å². The molecule has 0 spiro atoms. The zero-order chi connectivity index (χ0) is 29.5. The Labute approximate surface area is 239 Å². The minimum absolute atomic E-state index is 0.0874. The van der Waals surface area contributed by atoms with Crippen molar-refractivity contribution in [3.8, 4) is 10.4 Å². The van der Waals surface area contributed by atoms with Gasteiger partial charge >= 0.3 is 6.18 Å². The average Bonchev–Trinajstić information content (AvgIpc) is 3.57. The van der Waals surface area contributed by atoms with Crippen LogP contribution in [0.15, 0.2) is 40.9 Å². The summed E-state index contributed by atoms with van der Waals surface area (Å²) in [6.45, 7) is 8.35. The molecule has 1 saturated heterocycles. The third-order valence-electron chi connectivity index (χ3n) is 7.82. The molecule has 1 fully saturated rings. The maximum atomic E-state index is 13.6. The highest BCUT2D eigenvalue weighted by atomic mass is 32.1. The van der Waals surface area contributed by atoms with E-state index in [0.717, 1.165) is 38.5 Å². The van der Waals surface area contributed by atoms with E-state index in [1.807, 2.05) is 52.1 Å². The van der Waals surface area contributed by atoms with Gasteiger partial charge in [0.2, 0.25) is 0 Å². The van der Waals surface area contributed by atoms with Gasteiger partial charge in [0, 0.05) is 84.8 Å². The van der Waals surface area contributed by atoms with Gasteiger partial charge in [-0.3, -0.25) is 24.4 Å². The van der Waals surface area contributed by atoms with Gasteiger partial charge in [0.15, 0.2) is 0 Å². The van der Waals surface area contributed by atoms with Gasteiger partial charge in [-0.15, -0.1) is 11.3 Å². The van der Waals surface area contributed by atoms with Gasteiger partial charge in [-0.25, -0.2) is 0 Å². The van der Waals surface area contributed by atoms with Crippen LogP contribution in [0.3, 0.4) is 0 Å². The summed E-state index contributed by atoms with van der Waals surface area (Å²) in [5, 5.41) is 2.93. The number of thiazole rings is 1. The number of H-pyrrole nitrogens is 1. The molecule has 0 aliphatic carbocycles. The van der Waals surface area contributed by atoms with Crippen molar-refractivity contribution in [3.63, 3.8) is 0 Å². The van der Waals surface area contributed by atoms with E-state index >= 15 is 0 Å². The van der Waals surface area contributed by atoms with Gasteiger partial charge in [0.05, 0.1) is 16.9 Å². The van der Waals surface area contributed by atoms with Gasteiger partial charge in [-0.1, -0.05) is 0 Å². The van der Waals surface area contributed by atoms with E-state index in [0.29, 0.717) is 37.3 Å². The van der Waals surface area contributed by atoms with Crippen LogP contribution in [0, 0.1) is 20.8 Å². The number of piperazine rings is 1. The molecule has 12 heteroatoms. The molecule has 4 aromatic rings. The summed E-state index contributed by atoms with van der Waals surface area (Å²) in [6, 6.07) is 5.56. The minimum atomic E-state index is -4.22. The first-order chi connectivity index (χ1) is 19.4. The summed E-state index contributed by atoms with van der Waals surface area (Å²) >= 11 is 1.52. The van der Waals surface area contributed by atoms with Crippen LogP contribution in [-0.4, -0.2) is 69.0 Å². The second-order valence-corrected chi connectivity index (χ2v) is 11.6. The highest BCUT2D eigenvalue weighted by molar-refractivity contribution is 7.13. The summed E-state index contributed by atoms with van der Waals surface area (Å²) in [4.78, 5) is 37.6. The molecule has 218 valence electrons. The number of hydrogen-bond donors (Lipinski definition) is 2. The predicted octanol–water partition coefficient (Wildman–Crippen LogP) is 4.85. The Morgan fingerprint density at radius 2 is 1.88 bits per heavy atom. The SMILES string of the molecule is Cc1cc(C)c(CNC(=O)c2cc3cc(-c4cncs4)cn3c(C(C)N3CCN(CC(F)(F)F)CC3)c2C)c(=O)[nH]1. The monoisotopic (exact) mass is 586 g/mol. The van der Waals surface area contributed by atoms with Crippen LogP contribution in [0.2, 0.25) is 0 Å². The number of aryl methyl sites for hydroxylation is 2. The first-order valence-corrected chi connectivity index (χ1v) is 14.3. The van der Waals surface area contributed by atoms with Gasteiger partial charge in [0.1, 0.15) is 0 Å². The van der Waals surface area contributed by atoms with Gasteiger partial charge in [-0.2, -0.15) is 13.2 Å². The zero-order valence-electron chi connectivity index (χ0n) is 23.4. The van der Waals surface area contributed by atoms with Crippen molar-refractivity contribution in [3.05, 3.63) is 80.1 Å². The standard InChI is InChI=1S/C29H33F3N6O2S/c1-17-9-18(2)35-28(40)24(17)12-34-27(39)23-11-22-10-21(25-13-33-16-41-25)14-38(22)26(19(23)3)20(4)37-7-5-36(6-8-37)15-29(30,31)32/h9-11,13-14,16,20H,5-8,12,15H2,1-4H3,(H,34,39)(H,35,40). The molecule has 0 saturated carbocycles. The Morgan fingerprint density at radius 1 is 1.15 bits per heavy atom. The number of halogens is 3. The quantitative estimate of drug-likeness (QED) is 0.324. The number of carbonyl (C=O) groups is 1. The first kappa shape index (κ1) is 29.0. The number of nitrogens with zero attached hydrogens (tertiary/aromatic N) is 4. The molecule has 0 radical (unpaired) electrons. The van der Waals surface area contributed by atoms with Crippen molar-refractivity contribution in [2.24, 2.45) is 0 Å². The molecule has 5 rings (SSSR count). The normalized spacial score (nSPS) is 15.9. The van der Waals surface area contributed by atoms with E-state index < -0.39 is 12.7 Å². The fourth-order valence-corrected chi connectivity index (χ4v) is 6.32. The third kappa shape index (κ3) is 6.24. The van der Waals surface area contributed by atoms with Crippen LogP contribution < -0.4 is 10.9 Å². The largest absolute Gasteiger partial charge is 0.401 e. The number of pyridine rings is 2. The Balaban J connectivity index is 1.48. The Hall–Kier alpha value is -3.48. The lowest BCUT2D eigenvalue weighted by Gasteiger charge is -2.39. The molecule has 1 aliphatic heterocycles. The van der Waals surface area contributed by atoms with Crippen molar-refractivity contribution in [1.29, 1.82) is 0 Å². The second-order valence-electron chi connectivity index (χ2n) is 10.7. The summed E-state index contributed by atoms with van der Waals surface area (Å²) in [5.74, 6) is -0.298. The Morgan fingerprint density at radius 3 is 2.51 bits per heavy atom. The number of nitrogens with one attached hydrogen (secondary N) is 2. The van der Waals surface area contributed by atoms with Crippen LogP contribution in [0.5, 0.6) is 0 Å². The molecule has 4 aromatic heterocycles. The maximum absolute atomic E-state index is 13.6. The van der Waals surface area contributed by atoms with Gasteiger partial charge < -0.3 is 14.7 Å². The molecule has 0 bridgehead atoms. The van der Waals surface area contributed by atoms with Crippen molar-refractivity contribution < 1.29 is 18.0 Å². The number of aromatic amines is 1. The van der Waals surface area contributed by atoms with Gasteiger partial charge in [0.25, 0.3) is 11.5 Å². The van der Waals surface area contributed by atoms with Crippen LogP contribution >= 0.6 is 11.3 Å². The smallest absolute Gasteiger partial charge is 0.348 e. The number of alkyl halides is 3. The molecule has 2 N–H and O–H groups in total. The predicted molar refractivity (Wildman–Crippen MR) is 153 cm³/mol. The van der Waals surface area contributed by atoms with Crippen LogP contribution in [0.25, 0.3) is 16.0 Å². The fourth-order valence-electron chi connectivity index (χ4n) is 5.72. The summed E-state index contributed by atoms with van der Waals surface area (Å²) in [7, 11) is 0.